The molecule has 0 bridgehead atoms. The van der Waals surface area contributed by atoms with Crippen molar-refractivity contribution in [2.24, 2.45) is 0 Å². The van der Waals surface area contributed by atoms with E-state index in [0.29, 0.717) is 29.8 Å². The fourth-order valence-corrected chi connectivity index (χ4v) is 3.80. The fraction of sp³-hybridized carbons (Fsp3) is 0.421. The Morgan fingerprint density at radius 2 is 2.04 bits per heavy atom. The van der Waals surface area contributed by atoms with Gasteiger partial charge in [0.25, 0.3) is 0 Å². The Balaban J connectivity index is 1.85. The van der Waals surface area contributed by atoms with Gasteiger partial charge in [-0.2, -0.15) is 18.3 Å². The summed E-state index contributed by atoms with van der Waals surface area (Å²) in [5.74, 6) is 0.473. The zero-order valence-corrected chi connectivity index (χ0v) is 15.1. The molecular formula is C19H20F3N5O. The highest BCUT2D eigenvalue weighted by atomic mass is 19.4. The Morgan fingerprint density at radius 1 is 1.18 bits per heavy atom. The molecule has 2 N–H and O–H groups in total. The van der Waals surface area contributed by atoms with E-state index >= 15 is 0 Å². The topological polar surface area (TPSA) is 77.9 Å². The van der Waals surface area contributed by atoms with Gasteiger partial charge in [-0.25, -0.2) is 9.97 Å². The maximum absolute atomic E-state index is 13.7. The first-order chi connectivity index (χ1) is 13.5. The molecule has 148 valence electrons. The molecule has 4 rings (SSSR count). The molecule has 1 saturated heterocycles. The lowest BCUT2D eigenvalue weighted by Crippen LogP contribution is -2.40. The summed E-state index contributed by atoms with van der Waals surface area (Å²) < 4.78 is 41.0. The third-order valence-electron chi connectivity index (χ3n) is 5.13. The molecule has 1 aliphatic rings. The van der Waals surface area contributed by atoms with E-state index in [1.54, 1.807) is 18.3 Å². The number of alkyl halides is 3. The number of fused-ring (bicyclic) bond motifs is 1. The largest absolute Gasteiger partial charge is 0.418 e. The maximum atomic E-state index is 13.7. The van der Waals surface area contributed by atoms with Gasteiger partial charge in [-0.1, -0.05) is 0 Å². The monoisotopic (exact) mass is 391 g/mol. The number of nitrogens with one attached hydrogen (secondary N) is 1. The van der Waals surface area contributed by atoms with Crippen LogP contribution in [0.2, 0.25) is 0 Å². The molecule has 0 spiro atoms. The molecule has 9 heteroatoms. The summed E-state index contributed by atoms with van der Waals surface area (Å²) in [5.41, 5.74) is -0.497. The second-order valence-corrected chi connectivity index (χ2v) is 6.89. The van der Waals surface area contributed by atoms with Crippen LogP contribution in [0.5, 0.6) is 0 Å². The third-order valence-corrected chi connectivity index (χ3v) is 5.13. The molecule has 1 aliphatic heterocycles. The Labute approximate surface area is 159 Å². The smallest absolute Gasteiger partial charge is 0.396 e. The van der Waals surface area contributed by atoms with Gasteiger partial charge in [-0.05, 0) is 49.9 Å². The summed E-state index contributed by atoms with van der Waals surface area (Å²) in [5, 5.41) is 16.6. The van der Waals surface area contributed by atoms with Gasteiger partial charge in [0.1, 0.15) is 17.2 Å². The molecule has 1 fully saturated rings. The van der Waals surface area contributed by atoms with Gasteiger partial charge < -0.3 is 10.0 Å². The number of hydrogen-bond donors (Lipinski definition) is 2. The standard InChI is InChI=1S/C19H20F3N5O/c20-19(21,22)14-6-7-15(27-10-2-1-4-12(27)8-11-28)24-17(14)16-13-5-3-9-23-18(13)26-25-16/h3,5-7,9,12,28H,1-2,4,8,10-11H2,(H,23,25,26). The first-order valence-corrected chi connectivity index (χ1v) is 9.24. The van der Waals surface area contributed by atoms with E-state index < -0.39 is 11.7 Å². The van der Waals surface area contributed by atoms with E-state index in [9.17, 15) is 18.3 Å². The minimum absolute atomic E-state index is 0.0321. The predicted octanol–water partition coefficient (Wildman–Crippen LogP) is 3.78. The van der Waals surface area contributed by atoms with Gasteiger partial charge in [0.2, 0.25) is 0 Å². The number of H-pyrrole nitrogens is 1. The number of aliphatic hydroxyl groups is 1. The number of rotatable bonds is 4. The number of piperidine rings is 1. The van der Waals surface area contributed by atoms with Crippen LogP contribution in [0.25, 0.3) is 22.4 Å². The summed E-state index contributed by atoms with van der Waals surface area (Å²) in [7, 11) is 0. The summed E-state index contributed by atoms with van der Waals surface area (Å²) in [6.07, 6.45) is 0.410. The zero-order valence-electron chi connectivity index (χ0n) is 15.1. The minimum Gasteiger partial charge on any atom is -0.396 e. The van der Waals surface area contributed by atoms with Gasteiger partial charge in [0.15, 0.2) is 5.65 Å². The minimum atomic E-state index is -4.55. The lowest BCUT2D eigenvalue weighted by molar-refractivity contribution is -0.137. The Bertz CT molecular complexity index is 970. The number of pyridine rings is 2. The molecule has 0 aliphatic carbocycles. The molecule has 0 amide bonds. The molecule has 3 aromatic heterocycles. The van der Waals surface area contributed by atoms with E-state index in [0.717, 1.165) is 25.3 Å². The number of halogens is 3. The number of aromatic amines is 1. The van der Waals surface area contributed by atoms with Crippen LogP contribution in [0.1, 0.15) is 31.2 Å². The molecule has 3 aromatic rings. The second-order valence-electron chi connectivity index (χ2n) is 6.89. The van der Waals surface area contributed by atoms with Crippen molar-refractivity contribution < 1.29 is 18.3 Å². The van der Waals surface area contributed by atoms with Crippen molar-refractivity contribution in [3.05, 3.63) is 36.0 Å². The molecule has 28 heavy (non-hydrogen) atoms. The molecule has 0 saturated carbocycles. The Hall–Kier alpha value is -2.68. The number of nitrogens with zero attached hydrogens (tertiary/aromatic N) is 4. The summed E-state index contributed by atoms with van der Waals surface area (Å²) in [6, 6.07) is 5.87. The highest BCUT2D eigenvalue weighted by molar-refractivity contribution is 5.90. The van der Waals surface area contributed by atoms with E-state index in [-0.39, 0.29) is 24.0 Å². The van der Waals surface area contributed by atoms with Crippen molar-refractivity contribution in [1.82, 2.24) is 20.2 Å². The maximum Gasteiger partial charge on any atom is 0.418 e. The molecule has 4 heterocycles. The number of aliphatic hydroxyl groups excluding tert-OH is 1. The van der Waals surface area contributed by atoms with Crippen LogP contribution < -0.4 is 4.90 Å². The van der Waals surface area contributed by atoms with Crippen molar-refractivity contribution in [2.45, 2.75) is 37.9 Å². The Morgan fingerprint density at radius 3 is 2.82 bits per heavy atom. The highest BCUT2D eigenvalue weighted by Gasteiger charge is 2.36. The van der Waals surface area contributed by atoms with Gasteiger partial charge >= 0.3 is 6.18 Å². The van der Waals surface area contributed by atoms with Crippen LogP contribution in [-0.4, -0.2) is 44.5 Å². The SMILES string of the molecule is OCCC1CCCCN1c1ccc(C(F)(F)F)c(-c2n[nH]c3ncccc23)n1. The van der Waals surface area contributed by atoms with Crippen molar-refractivity contribution in [3.8, 4) is 11.4 Å². The molecule has 1 unspecified atom stereocenters. The third kappa shape index (κ3) is 3.42. The van der Waals surface area contributed by atoms with Crippen molar-refractivity contribution in [2.75, 3.05) is 18.1 Å². The van der Waals surface area contributed by atoms with Crippen LogP contribution in [0.15, 0.2) is 30.5 Å². The van der Waals surface area contributed by atoms with Gasteiger partial charge in [0.05, 0.1) is 5.56 Å². The van der Waals surface area contributed by atoms with Gasteiger partial charge in [-0.3, -0.25) is 5.10 Å². The van der Waals surface area contributed by atoms with E-state index in [2.05, 4.69) is 20.2 Å². The molecule has 1 atom stereocenters. The van der Waals surface area contributed by atoms with Gasteiger partial charge in [-0.15, -0.1) is 0 Å². The van der Waals surface area contributed by atoms with Crippen LogP contribution in [0, 0.1) is 0 Å². The van der Waals surface area contributed by atoms with Crippen LogP contribution in [0.4, 0.5) is 19.0 Å². The zero-order chi connectivity index (χ0) is 19.7. The average molecular weight is 391 g/mol. The number of anilines is 1. The summed E-state index contributed by atoms with van der Waals surface area (Å²) in [6.45, 7) is 0.732. The molecule has 0 aromatic carbocycles. The molecule has 0 radical (unpaired) electrons. The van der Waals surface area contributed by atoms with Crippen molar-refractivity contribution in [1.29, 1.82) is 0 Å². The van der Waals surface area contributed by atoms with E-state index in [1.807, 2.05) is 4.90 Å². The molecule has 6 nitrogen and oxygen atoms in total. The van der Waals surface area contributed by atoms with E-state index in [1.165, 1.54) is 6.07 Å². The van der Waals surface area contributed by atoms with Crippen molar-refractivity contribution in [3.63, 3.8) is 0 Å². The van der Waals surface area contributed by atoms with Crippen LogP contribution >= 0.6 is 0 Å². The first kappa shape index (κ1) is 18.7. The van der Waals surface area contributed by atoms with Crippen molar-refractivity contribution >= 4 is 16.9 Å². The van der Waals surface area contributed by atoms with E-state index in [4.69, 9.17) is 0 Å². The highest BCUT2D eigenvalue weighted by Crippen LogP contribution is 2.39. The predicted molar refractivity (Wildman–Crippen MR) is 98.8 cm³/mol. The quantitative estimate of drug-likeness (QED) is 0.708. The Kier molecular flexibility index (Phi) is 4.92. The van der Waals surface area contributed by atoms with Gasteiger partial charge in [0, 0.05) is 30.8 Å². The van der Waals surface area contributed by atoms with Crippen LogP contribution in [-0.2, 0) is 6.18 Å². The fourth-order valence-electron chi connectivity index (χ4n) is 3.80. The number of aromatic nitrogens is 4. The average Bonchev–Trinajstić information content (AvgIpc) is 3.12. The lowest BCUT2D eigenvalue weighted by atomic mass is 9.99. The summed E-state index contributed by atoms with van der Waals surface area (Å²) in [4.78, 5) is 10.5. The summed E-state index contributed by atoms with van der Waals surface area (Å²) >= 11 is 0. The number of hydrogen-bond acceptors (Lipinski definition) is 5. The normalized spacial score (nSPS) is 18.0. The molecular weight excluding hydrogens is 371 g/mol. The first-order valence-electron chi connectivity index (χ1n) is 9.24. The second kappa shape index (κ2) is 7.38. The lowest BCUT2D eigenvalue weighted by Gasteiger charge is -2.36. The van der Waals surface area contributed by atoms with Crippen LogP contribution in [0.3, 0.4) is 0 Å².